The zero-order valence-corrected chi connectivity index (χ0v) is 13.9. The van der Waals surface area contributed by atoms with Gasteiger partial charge >= 0.3 is 0 Å². The summed E-state index contributed by atoms with van der Waals surface area (Å²) < 4.78 is 5.93. The molecular formula is C17H18BrNO2. The molecule has 1 amide bonds. The minimum Gasteiger partial charge on any atom is -0.450 e. The summed E-state index contributed by atoms with van der Waals surface area (Å²) >= 11 is 3.21. The van der Waals surface area contributed by atoms with E-state index in [1.807, 2.05) is 24.3 Å². The van der Waals surface area contributed by atoms with Crippen molar-refractivity contribution in [3.63, 3.8) is 0 Å². The van der Waals surface area contributed by atoms with Crippen molar-refractivity contribution in [3.8, 4) is 0 Å². The number of anilines is 1. The Hall–Kier alpha value is -1.81. The maximum absolute atomic E-state index is 11.8. The largest absolute Gasteiger partial charge is 0.450 e. The molecule has 3 nitrogen and oxygen atoms in total. The Bertz CT molecular complexity index is 648. The first kappa shape index (κ1) is 15.6. The zero-order valence-electron chi connectivity index (χ0n) is 12.3. The third-order valence-electron chi connectivity index (χ3n) is 3.01. The van der Waals surface area contributed by atoms with Gasteiger partial charge in [0.05, 0.1) is 0 Å². The Morgan fingerprint density at radius 3 is 2.33 bits per heavy atom. The van der Waals surface area contributed by atoms with E-state index in [0.717, 1.165) is 5.69 Å². The Morgan fingerprint density at radius 2 is 1.81 bits per heavy atom. The van der Waals surface area contributed by atoms with Crippen molar-refractivity contribution < 1.29 is 9.21 Å². The quantitative estimate of drug-likeness (QED) is 0.794. The van der Waals surface area contributed by atoms with Gasteiger partial charge in [0, 0.05) is 11.8 Å². The van der Waals surface area contributed by atoms with Crippen LogP contribution in [0.15, 0.2) is 51.6 Å². The molecule has 21 heavy (non-hydrogen) atoms. The Labute approximate surface area is 133 Å². The molecule has 4 heteroatoms. The van der Waals surface area contributed by atoms with E-state index < -0.39 is 0 Å². The molecule has 0 atom stereocenters. The van der Waals surface area contributed by atoms with Crippen LogP contribution in [0.25, 0.3) is 6.08 Å². The molecule has 1 N–H and O–H groups in total. The monoisotopic (exact) mass is 347 g/mol. The van der Waals surface area contributed by atoms with Gasteiger partial charge in [0.15, 0.2) is 4.67 Å². The summed E-state index contributed by atoms with van der Waals surface area (Å²) in [5.41, 5.74) is 2.12. The summed E-state index contributed by atoms with van der Waals surface area (Å²) in [7, 11) is 0. The van der Waals surface area contributed by atoms with Gasteiger partial charge in [0.25, 0.3) is 0 Å². The lowest BCUT2D eigenvalue weighted by molar-refractivity contribution is -0.111. The average molecular weight is 348 g/mol. The molecule has 0 aliphatic carbocycles. The van der Waals surface area contributed by atoms with Crippen LogP contribution in [0.3, 0.4) is 0 Å². The number of rotatable bonds is 3. The second-order valence-electron chi connectivity index (χ2n) is 5.79. The normalized spacial score (nSPS) is 11.8. The highest BCUT2D eigenvalue weighted by Crippen LogP contribution is 2.23. The molecule has 1 aromatic carbocycles. The molecule has 1 heterocycles. The fourth-order valence-electron chi connectivity index (χ4n) is 1.81. The van der Waals surface area contributed by atoms with Crippen molar-refractivity contribution in [2.24, 2.45) is 0 Å². The van der Waals surface area contributed by atoms with E-state index in [4.69, 9.17) is 4.42 Å². The molecule has 0 radical (unpaired) electrons. The van der Waals surface area contributed by atoms with E-state index in [-0.39, 0.29) is 11.3 Å². The third-order valence-corrected chi connectivity index (χ3v) is 3.44. The van der Waals surface area contributed by atoms with Crippen LogP contribution in [0.1, 0.15) is 32.1 Å². The molecular weight excluding hydrogens is 330 g/mol. The molecule has 0 fully saturated rings. The number of carbonyl (C=O) groups is 1. The maximum Gasteiger partial charge on any atom is 0.248 e. The molecule has 2 aromatic rings. The summed E-state index contributed by atoms with van der Waals surface area (Å²) in [5, 5.41) is 2.82. The van der Waals surface area contributed by atoms with Crippen molar-refractivity contribution in [1.29, 1.82) is 0 Å². The number of nitrogens with one attached hydrogen (secondary N) is 1. The average Bonchev–Trinajstić information content (AvgIpc) is 2.82. The molecule has 2 rings (SSSR count). The molecule has 0 aliphatic heterocycles. The second-order valence-corrected chi connectivity index (χ2v) is 6.57. The van der Waals surface area contributed by atoms with Crippen molar-refractivity contribution >= 4 is 33.6 Å². The highest BCUT2D eigenvalue weighted by molar-refractivity contribution is 9.10. The van der Waals surface area contributed by atoms with Crippen LogP contribution in [-0.4, -0.2) is 5.91 Å². The van der Waals surface area contributed by atoms with Gasteiger partial charge in [-0.1, -0.05) is 32.9 Å². The molecule has 0 aliphatic rings. The second kappa shape index (κ2) is 6.31. The van der Waals surface area contributed by atoms with Gasteiger partial charge in [0.1, 0.15) is 5.76 Å². The van der Waals surface area contributed by atoms with E-state index in [9.17, 15) is 4.79 Å². The maximum atomic E-state index is 11.8. The summed E-state index contributed by atoms with van der Waals surface area (Å²) in [6.45, 7) is 6.47. The summed E-state index contributed by atoms with van der Waals surface area (Å²) in [6, 6.07) is 11.5. The van der Waals surface area contributed by atoms with Gasteiger partial charge in [-0.3, -0.25) is 4.79 Å². The predicted molar refractivity (Wildman–Crippen MR) is 89.2 cm³/mol. The van der Waals surface area contributed by atoms with Gasteiger partial charge in [-0.2, -0.15) is 0 Å². The van der Waals surface area contributed by atoms with E-state index in [1.165, 1.54) is 11.6 Å². The highest BCUT2D eigenvalue weighted by atomic mass is 79.9. The van der Waals surface area contributed by atoms with Gasteiger partial charge in [-0.15, -0.1) is 0 Å². The van der Waals surface area contributed by atoms with Gasteiger partial charge in [0.2, 0.25) is 5.91 Å². The standard InChI is InChI=1S/C17H18BrNO2/c1-17(2,3)12-4-6-13(7-5-12)19-16(20)11-9-14-8-10-15(18)21-14/h4-11H,1-3H3,(H,19,20)/b11-9+. The van der Waals surface area contributed by atoms with E-state index in [0.29, 0.717) is 10.4 Å². The molecule has 110 valence electrons. The Balaban J connectivity index is 1.98. The first-order valence-electron chi connectivity index (χ1n) is 6.69. The number of amides is 1. The SMILES string of the molecule is CC(C)(C)c1ccc(NC(=O)/C=C/c2ccc(Br)o2)cc1. The number of hydrogen-bond acceptors (Lipinski definition) is 2. The number of benzene rings is 1. The van der Waals surface area contributed by atoms with Gasteiger partial charge in [-0.05, 0) is 57.2 Å². The van der Waals surface area contributed by atoms with Crippen molar-refractivity contribution in [1.82, 2.24) is 0 Å². The molecule has 0 bridgehead atoms. The number of carbonyl (C=O) groups excluding carboxylic acids is 1. The van der Waals surface area contributed by atoms with Crippen molar-refractivity contribution in [2.75, 3.05) is 5.32 Å². The van der Waals surface area contributed by atoms with Crippen molar-refractivity contribution in [2.45, 2.75) is 26.2 Å². The minimum atomic E-state index is -0.189. The lowest BCUT2D eigenvalue weighted by Gasteiger charge is -2.19. The van der Waals surface area contributed by atoms with Crippen LogP contribution in [0.2, 0.25) is 0 Å². The first-order chi connectivity index (χ1) is 9.84. The van der Waals surface area contributed by atoms with Crippen LogP contribution < -0.4 is 5.32 Å². The van der Waals surface area contributed by atoms with Crippen LogP contribution in [0, 0.1) is 0 Å². The van der Waals surface area contributed by atoms with Gasteiger partial charge < -0.3 is 9.73 Å². The summed E-state index contributed by atoms with van der Waals surface area (Å²) in [6.07, 6.45) is 3.08. The summed E-state index contributed by atoms with van der Waals surface area (Å²) in [4.78, 5) is 11.8. The molecule has 0 saturated carbocycles. The smallest absolute Gasteiger partial charge is 0.248 e. The third kappa shape index (κ3) is 4.60. The van der Waals surface area contributed by atoms with Crippen molar-refractivity contribution in [3.05, 3.63) is 58.5 Å². The highest BCUT2D eigenvalue weighted by Gasteiger charge is 2.12. The van der Waals surface area contributed by atoms with E-state index in [1.54, 1.807) is 18.2 Å². The molecule has 0 saturated heterocycles. The fourth-order valence-corrected chi connectivity index (χ4v) is 2.13. The predicted octanol–water partition coefficient (Wildman–Crippen LogP) is 4.99. The fraction of sp³-hybridized carbons (Fsp3) is 0.235. The molecule has 0 spiro atoms. The minimum absolute atomic E-state index is 0.106. The Kier molecular flexibility index (Phi) is 4.68. The molecule has 0 unspecified atom stereocenters. The molecule has 1 aromatic heterocycles. The van der Waals surface area contributed by atoms with Crippen LogP contribution >= 0.6 is 15.9 Å². The number of furan rings is 1. The van der Waals surface area contributed by atoms with Crippen LogP contribution in [0.4, 0.5) is 5.69 Å². The lowest BCUT2D eigenvalue weighted by Crippen LogP contribution is -2.12. The zero-order chi connectivity index (χ0) is 15.5. The van der Waals surface area contributed by atoms with E-state index in [2.05, 4.69) is 42.0 Å². The summed E-state index contributed by atoms with van der Waals surface area (Å²) in [5.74, 6) is 0.436. The number of halogens is 1. The lowest BCUT2D eigenvalue weighted by atomic mass is 9.87. The first-order valence-corrected chi connectivity index (χ1v) is 7.49. The van der Waals surface area contributed by atoms with Gasteiger partial charge in [-0.25, -0.2) is 0 Å². The van der Waals surface area contributed by atoms with Crippen LogP contribution in [0.5, 0.6) is 0 Å². The van der Waals surface area contributed by atoms with E-state index >= 15 is 0 Å². The Morgan fingerprint density at radius 1 is 1.14 bits per heavy atom. The topological polar surface area (TPSA) is 42.2 Å². The number of hydrogen-bond donors (Lipinski definition) is 1. The van der Waals surface area contributed by atoms with Crippen LogP contribution in [-0.2, 0) is 10.2 Å².